The van der Waals surface area contributed by atoms with Crippen molar-refractivity contribution in [2.75, 3.05) is 25.6 Å². The van der Waals surface area contributed by atoms with Gasteiger partial charge >= 0.3 is 0 Å². The highest BCUT2D eigenvalue weighted by Crippen LogP contribution is 2.12. The SMILES string of the molecule is COCCNC(=O)C(C)Nc1ccsc1. The Morgan fingerprint density at radius 3 is 3.07 bits per heavy atom. The zero-order valence-electron chi connectivity index (χ0n) is 8.95. The lowest BCUT2D eigenvalue weighted by Crippen LogP contribution is -2.38. The van der Waals surface area contributed by atoms with Gasteiger partial charge in [-0.3, -0.25) is 4.79 Å². The molecule has 1 rings (SSSR count). The molecule has 0 bridgehead atoms. The third-order valence-corrected chi connectivity index (χ3v) is 2.59. The van der Waals surface area contributed by atoms with Gasteiger partial charge in [0.25, 0.3) is 0 Å². The van der Waals surface area contributed by atoms with Gasteiger partial charge in [-0.15, -0.1) is 0 Å². The molecule has 0 aliphatic rings. The second-order valence-corrected chi connectivity index (χ2v) is 3.94. The molecule has 2 N–H and O–H groups in total. The maximum Gasteiger partial charge on any atom is 0.242 e. The number of hydrogen-bond acceptors (Lipinski definition) is 4. The van der Waals surface area contributed by atoms with E-state index in [9.17, 15) is 4.79 Å². The van der Waals surface area contributed by atoms with Crippen molar-refractivity contribution in [1.82, 2.24) is 5.32 Å². The van der Waals surface area contributed by atoms with Crippen LogP contribution >= 0.6 is 11.3 Å². The Bertz CT molecular complexity index is 288. The van der Waals surface area contributed by atoms with Crippen LogP contribution in [0.25, 0.3) is 0 Å². The topological polar surface area (TPSA) is 50.4 Å². The van der Waals surface area contributed by atoms with E-state index in [1.54, 1.807) is 18.4 Å². The first kappa shape index (κ1) is 12.0. The van der Waals surface area contributed by atoms with Crippen molar-refractivity contribution in [3.8, 4) is 0 Å². The Morgan fingerprint density at radius 2 is 2.47 bits per heavy atom. The predicted molar refractivity (Wildman–Crippen MR) is 62.3 cm³/mol. The van der Waals surface area contributed by atoms with Crippen LogP contribution in [0.1, 0.15) is 6.92 Å². The Balaban J connectivity index is 2.27. The van der Waals surface area contributed by atoms with Gasteiger partial charge in [-0.05, 0) is 18.4 Å². The summed E-state index contributed by atoms with van der Waals surface area (Å²) in [6.45, 7) is 2.92. The second-order valence-electron chi connectivity index (χ2n) is 3.16. The van der Waals surface area contributed by atoms with Crippen LogP contribution in [0.5, 0.6) is 0 Å². The molecule has 1 atom stereocenters. The lowest BCUT2D eigenvalue weighted by atomic mass is 10.3. The molecule has 1 aromatic rings. The van der Waals surface area contributed by atoms with Crippen molar-refractivity contribution in [1.29, 1.82) is 0 Å². The summed E-state index contributed by atoms with van der Waals surface area (Å²) in [5, 5.41) is 9.82. The minimum atomic E-state index is -0.226. The van der Waals surface area contributed by atoms with E-state index in [0.717, 1.165) is 5.69 Å². The second kappa shape index (κ2) is 6.42. The van der Waals surface area contributed by atoms with Crippen LogP contribution in [0.15, 0.2) is 16.8 Å². The standard InChI is InChI=1S/C10H16N2O2S/c1-8(10(13)11-4-5-14-2)12-9-3-6-15-7-9/h3,6-8,12H,4-5H2,1-2H3,(H,11,13). The maximum atomic E-state index is 11.5. The summed E-state index contributed by atoms with van der Waals surface area (Å²) in [7, 11) is 1.61. The molecule has 0 spiro atoms. The minimum absolute atomic E-state index is 0.0155. The van der Waals surface area contributed by atoms with Crippen LogP contribution < -0.4 is 10.6 Å². The van der Waals surface area contributed by atoms with Crippen LogP contribution in [0.4, 0.5) is 5.69 Å². The van der Waals surface area contributed by atoms with Gasteiger partial charge in [-0.2, -0.15) is 11.3 Å². The van der Waals surface area contributed by atoms with Crippen LogP contribution in [0.2, 0.25) is 0 Å². The van der Waals surface area contributed by atoms with Gasteiger partial charge in [0.15, 0.2) is 0 Å². The van der Waals surface area contributed by atoms with Gasteiger partial charge < -0.3 is 15.4 Å². The number of carbonyl (C=O) groups is 1. The average molecular weight is 228 g/mol. The number of ether oxygens (including phenoxy) is 1. The third kappa shape index (κ3) is 4.31. The third-order valence-electron chi connectivity index (χ3n) is 1.90. The number of amides is 1. The number of carbonyl (C=O) groups excluding carboxylic acids is 1. The molecular formula is C10H16N2O2S. The first-order valence-corrected chi connectivity index (χ1v) is 5.73. The molecule has 84 valence electrons. The smallest absolute Gasteiger partial charge is 0.242 e. The summed E-state index contributed by atoms with van der Waals surface area (Å²) < 4.78 is 4.84. The van der Waals surface area contributed by atoms with Crippen molar-refractivity contribution in [3.63, 3.8) is 0 Å². The number of thiophene rings is 1. The highest BCUT2D eigenvalue weighted by atomic mass is 32.1. The van der Waals surface area contributed by atoms with Gasteiger partial charge in [-0.25, -0.2) is 0 Å². The minimum Gasteiger partial charge on any atom is -0.383 e. The van der Waals surface area contributed by atoms with E-state index in [4.69, 9.17) is 4.74 Å². The molecule has 15 heavy (non-hydrogen) atoms. The summed E-state index contributed by atoms with van der Waals surface area (Å²) >= 11 is 1.60. The first-order chi connectivity index (χ1) is 7.24. The quantitative estimate of drug-likeness (QED) is 0.722. The first-order valence-electron chi connectivity index (χ1n) is 4.79. The molecule has 0 aliphatic carbocycles. The molecule has 0 fully saturated rings. The van der Waals surface area contributed by atoms with Crippen LogP contribution in [-0.2, 0) is 9.53 Å². The van der Waals surface area contributed by atoms with Crippen molar-refractivity contribution >= 4 is 22.9 Å². The molecule has 0 aliphatic heterocycles. The number of nitrogens with one attached hydrogen (secondary N) is 2. The zero-order chi connectivity index (χ0) is 11.1. The van der Waals surface area contributed by atoms with Gasteiger partial charge in [0.2, 0.25) is 5.91 Å². The summed E-state index contributed by atoms with van der Waals surface area (Å²) in [5.74, 6) is -0.0155. The maximum absolute atomic E-state index is 11.5. The molecule has 1 aromatic heterocycles. The number of anilines is 1. The Hall–Kier alpha value is -1.07. The summed E-state index contributed by atoms with van der Waals surface area (Å²) in [6, 6.07) is 1.72. The fourth-order valence-corrected chi connectivity index (χ4v) is 1.69. The van der Waals surface area contributed by atoms with E-state index in [2.05, 4.69) is 10.6 Å². The number of methoxy groups -OCH3 is 1. The zero-order valence-corrected chi connectivity index (χ0v) is 9.76. The van der Waals surface area contributed by atoms with Crippen molar-refractivity contribution in [3.05, 3.63) is 16.8 Å². The molecular weight excluding hydrogens is 212 g/mol. The van der Waals surface area contributed by atoms with Crippen molar-refractivity contribution in [2.24, 2.45) is 0 Å². The Kier molecular flexibility index (Phi) is 5.14. The highest BCUT2D eigenvalue weighted by molar-refractivity contribution is 7.08. The van der Waals surface area contributed by atoms with Gasteiger partial charge in [-0.1, -0.05) is 0 Å². The van der Waals surface area contributed by atoms with Gasteiger partial charge in [0.1, 0.15) is 6.04 Å². The fraction of sp³-hybridized carbons (Fsp3) is 0.500. The summed E-state index contributed by atoms with van der Waals surface area (Å²) in [6.07, 6.45) is 0. The summed E-state index contributed by atoms with van der Waals surface area (Å²) in [4.78, 5) is 11.5. The molecule has 4 nitrogen and oxygen atoms in total. The van der Waals surface area contributed by atoms with Gasteiger partial charge in [0.05, 0.1) is 6.61 Å². The van der Waals surface area contributed by atoms with E-state index in [-0.39, 0.29) is 11.9 Å². The molecule has 1 heterocycles. The normalized spacial score (nSPS) is 12.1. The largest absolute Gasteiger partial charge is 0.383 e. The number of rotatable bonds is 6. The molecule has 0 radical (unpaired) electrons. The van der Waals surface area contributed by atoms with E-state index in [1.807, 2.05) is 23.8 Å². The monoisotopic (exact) mass is 228 g/mol. The average Bonchev–Trinajstić information content (AvgIpc) is 2.70. The van der Waals surface area contributed by atoms with E-state index >= 15 is 0 Å². The predicted octanol–water partition coefficient (Wildman–Crippen LogP) is 1.31. The molecule has 0 saturated carbocycles. The Labute approximate surface area is 93.6 Å². The van der Waals surface area contributed by atoms with Gasteiger partial charge in [0, 0.05) is 24.7 Å². The fourth-order valence-electron chi connectivity index (χ4n) is 1.09. The lowest BCUT2D eigenvalue weighted by molar-refractivity contribution is -0.121. The summed E-state index contributed by atoms with van der Waals surface area (Å²) in [5.41, 5.74) is 0.981. The van der Waals surface area contributed by atoms with Crippen molar-refractivity contribution < 1.29 is 9.53 Å². The van der Waals surface area contributed by atoms with E-state index in [1.165, 1.54) is 0 Å². The lowest BCUT2D eigenvalue weighted by Gasteiger charge is -2.13. The van der Waals surface area contributed by atoms with E-state index in [0.29, 0.717) is 13.2 Å². The van der Waals surface area contributed by atoms with Crippen LogP contribution in [0, 0.1) is 0 Å². The number of hydrogen-bond donors (Lipinski definition) is 2. The van der Waals surface area contributed by atoms with Crippen LogP contribution in [0.3, 0.4) is 0 Å². The molecule has 0 aromatic carbocycles. The molecule has 0 saturated heterocycles. The van der Waals surface area contributed by atoms with Crippen molar-refractivity contribution in [2.45, 2.75) is 13.0 Å². The molecule has 5 heteroatoms. The Morgan fingerprint density at radius 1 is 1.67 bits per heavy atom. The molecule has 1 unspecified atom stereocenters. The highest BCUT2D eigenvalue weighted by Gasteiger charge is 2.11. The molecule has 1 amide bonds. The van der Waals surface area contributed by atoms with E-state index < -0.39 is 0 Å². The van der Waals surface area contributed by atoms with Crippen LogP contribution in [-0.4, -0.2) is 32.2 Å².